The van der Waals surface area contributed by atoms with Crippen LogP contribution in [0.2, 0.25) is 0 Å². The third kappa shape index (κ3) is 2.56. The summed E-state index contributed by atoms with van der Waals surface area (Å²) in [7, 11) is 0. The second-order valence-corrected chi connectivity index (χ2v) is 4.35. The Hall–Kier alpha value is -1.76. The van der Waals surface area contributed by atoms with E-state index in [1.807, 2.05) is 5.32 Å². The maximum Gasteiger partial charge on any atom is 0.272 e. The van der Waals surface area contributed by atoms with Gasteiger partial charge in [-0.1, -0.05) is 0 Å². The molecule has 3 nitrogen and oxygen atoms in total. The Morgan fingerprint density at radius 1 is 1.17 bits per heavy atom. The number of aromatic amines is 1. The Morgan fingerprint density at radius 2 is 1.78 bits per heavy atom. The van der Waals surface area contributed by atoms with Gasteiger partial charge in [-0.25, -0.2) is 13.2 Å². The maximum absolute atomic E-state index is 13.3. The van der Waals surface area contributed by atoms with E-state index in [2.05, 4.69) is 20.9 Å². The molecule has 1 aromatic heterocycles. The Labute approximate surface area is 108 Å². The lowest BCUT2D eigenvalue weighted by molar-refractivity contribution is 0.102. The van der Waals surface area contributed by atoms with Crippen molar-refractivity contribution in [2.75, 3.05) is 5.32 Å². The second-order valence-electron chi connectivity index (χ2n) is 3.43. The average molecular weight is 319 g/mol. The molecule has 2 rings (SSSR count). The quantitative estimate of drug-likeness (QED) is 0.875. The molecule has 0 saturated carbocycles. The zero-order valence-electron chi connectivity index (χ0n) is 8.73. The van der Waals surface area contributed by atoms with E-state index in [-0.39, 0.29) is 5.69 Å². The van der Waals surface area contributed by atoms with E-state index >= 15 is 0 Å². The number of benzene rings is 1. The summed E-state index contributed by atoms with van der Waals surface area (Å²) < 4.78 is 39.8. The highest BCUT2D eigenvalue weighted by Gasteiger charge is 2.16. The summed E-state index contributed by atoms with van der Waals surface area (Å²) in [5.74, 6) is -4.13. The highest BCUT2D eigenvalue weighted by atomic mass is 79.9. The van der Waals surface area contributed by atoms with Crippen LogP contribution in [0.1, 0.15) is 10.5 Å². The molecule has 1 aromatic carbocycles. The fraction of sp³-hybridized carbons (Fsp3) is 0. The Kier molecular flexibility index (Phi) is 3.42. The first-order valence-electron chi connectivity index (χ1n) is 4.77. The van der Waals surface area contributed by atoms with Crippen LogP contribution in [0.15, 0.2) is 28.9 Å². The maximum atomic E-state index is 13.3. The number of hydrogen-bond donors (Lipinski definition) is 2. The molecule has 1 heterocycles. The van der Waals surface area contributed by atoms with E-state index in [9.17, 15) is 18.0 Å². The van der Waals surface area contributed by atoms with E-state index in [4.69, 9.17) is 0 Å². The molecule has 7 heteroatoms. The number of hydrogen-bond acceptors (Lipinski definition) is 1. The van der Waals surface area contributed by atoms with Crippen LogP contribution in [0.5, 0.6) is 0 Å². The minimum atomic E-state index is -1.17. The number of nitrogens with one attached hydrogen (secondary N) is 2. The van der Waals surface area contributed by atoms with Crippen LogP contribution < -0.4 is 5.32 Å². The predicted octanol–water partition coefficient (Wildman–Crippen LogP) is 3.45. The zero-order valence-corrected chi connectivity index (χ0v) is 10.3. The molecule has 2 aromatic rings. The summed E-state index contributed by atoms with van der Waals surface area (Å²) in [6.07, 6.45) is 1.49. The van der Waals surface area contributed by atoms with Crippen LogP contribution in [0, 0.1) is 17.5 Å². The summed E-state index contributed by atoms with van der Waals surface area (Å²) >= 11 is 3.12. The van der Waals surface area contributed by atoms with Gasteiger partial charge < -0.3 is 10.3 Å². The van der Waals surface area contributed by atoms with Crippen molar-refractivity contribution in [3.63, 3.8) is 0 Å². The lowest BCUT2D eigenvalue weighted by atomic mass is 10.2. The summed E-state index contributed by atoms with van der Waals surface area (Å²) in [6, 6.07) is 2.42. The number of carbonyl (C=O) groups is 1. The van der Waals surface area contributed by atoms with Crippen molar-refractivity contribution in [3.05, 3.63) is 52.0 Å². The first-order valence-corrected chi connectivity index (χ1v) is 5.56. The molecular weight excluding hydrogens is 313 g/mol. The van der Waals surface area contributed by atoms with Gasteiger partial charge in [-0.05, 0) is 22.0 Å². The Balaban J connectivity index is 2.27. The molecule has 18 heavy (non-hydrogen) atoms. The molecule has 0 aliphatic carbocycles. The van der Waals surface area contributed by atoms with Crippen LogP contribution in [0.4, 0.5) is 18.9 Å². The summed E-state index contributed by atoms with van der Waals surface area (Å²) in [5.41, 5.74) is -0.572. The van der Waals surface area contributed by atoms with Crippen LogP contribution in [-0.2, 0) is 0 Å². The molecule has 2 N–H and O–H groups in total. The fourth-order valence-corrected chi connectivity index (χ4v) is 1.68. The highest BCUT2D eigenvalue weighted by Crippen LogP contribution is 2.21. The number of H-pyrrole nitrogens is 1. The van der Waals surface area contributed by atoms with Crippen LogP contribution in [0.25, 0.3) is 0 Å². The second kappa shape index (κ2) is 4.85. The number of rotatable bonds is 2. The molecule has 0 fully saturated rings. The highest BCUT2D eigenvalue weighted by molar-refractivity contribution is 9.10. The number of amides is 1. The molecule has 0 aliphatic heterocycles. The SMILES string of the molecule is O=C(Nc1c(F)cc(F)cc1F)c1cc(Br)c[nH]1. The summed E-state index contributed by atoms with van der Waals surface area (Å²) in [4.78, 5) is 14.2. The first-order chi connectivity index (χ1) is 8.47. The number of aromatic nitrogens is 1. The summed E-state index contributed by atoms with van der Waals surface area (Å²) in [5, 5.41) is 2.03. The van der Waals surface area contributed by atoms with Gasteiger partial charge in [0.25, 0.3) is 5.91 Å². The third-order valence-electron chi connectivity index (χ3n) is 2.14. The molecule has 0 spiro atoms. The van der Waals surface area contributed by atoms with Gasteiger partial charge in [-0.15, -0.1) is 0 Å². The van der Waals surface area contributed by atoms with E-state index in [1.165, 1.54) is 12.3 Å². The largest absolute Gasteiger partial charge is 0.356 e. The van der Waals surface area contributed by atoms with Crippen molar-refractivity contribution in [1.29, 1.82) is 0 Å². The van der Waals surface area contributed by atoms with Gasteiger partial charge in [0.1, 0.15) is 17.2 Å². The van der Waals surface area contributed by atoms with Crippen molar-refractivity contribution in [2.24, 2.45) is 0 Å². The van der Waals surface area contributed by atoms with Crippen molar-refractivity contribution in [1.82, 2.24) is 4.98 Å². The van der Waals surface area contributed by atoms with Gasteiger partial charge in [-0.2, -0.15) is 0 Å². The predicted molar refractivity (Wildman–Crippen MR) is 62.8 cm³/mol. The van der Waals surface area contributed by atoms with E-state index in [1.54, 1.807) is 0 Å². The molecule has 0 saturated heterocycles. The van der Waals surface area contributed by atoms with E-state index in [0.717, 1.165) is 0 Å². The lowest BCUT2D eigenvalue weighted by Gasteiger charge is -2.06. The molecule has 1 amide bonds. The molecule has 0 radical (unpaired) electrons. The van der Waals surface area contributed by atoms with Gasteiger partial charge in [0.15, 0.2) is 11.6 Å². The van der Waals surface area contributed by atoms with Crippen molar-refractivity contribution < 1.29 is 18.0 Å². The van der Waals surface area contributed by atoms with E-state index < -0.39 is 29.0 Å². The Bertz CT molecular complexity index is 589. The molecule has 0 bridgehead atoms. The van der Waals surface area contributed by atoms with E-state index in [0.29, 0.717) is 16.6 Å². The zero-order chi connectivity index (χ0) is 13.3. The van der Waals surface area contributed by atoms with Gasteiger partial charge in [0.05, 0.1) is 0 Å². The number of anilines is 1. The molecule has 0 unspecified atom stereocenters. The van der Waals surface area contributed by atoms with Crippen molar-refractivity contribution >= 4 is 27.5 Å². The standard InChI is InChI=1S/C11H6BrF3N2O/c12-5-1-9(16-4-5)11(18)17-10-7(14)2-6(13)3-8(10)15/h1-4,16H,(H,17,18). The normalized spacial score (nSPS) is 10.4. The summed E-state index contributed by atoms with van der Waals surface area (Å²) in [6.45, 7) is 0. The van der Waals surface area contributed by atoms with Gasteiger partial charge in [0.2, 0.25) is 0 Å². The van der Waals surface area contributed by atoms with Crippen LogP contribution in [0.3, 0.4) is 0 Å². The topological polar surface area (TPSA) is 44.9 Å². The minimum absolute atomic E-state index is 0.116. The van der Waals surface area contributed by atoms with Crippen LogP contribution >= 0.6 is 15.9 Å². The minimum Gasteiger partial charge on any atom is -0.356 e. The number of halogens is 4. The average Bonchev–Trinajstić information content (AvgIpc) is 2.70. The molecule has 94 valence electrons. The van der Waals surface area contributed by atoms with Crippen LogP contribution in [-0.4, -0.2) is 10.9 Å². The third-order valence-corrected chi connectivity index (χ3v) is 2.60. The first kappa shape index (κ1) is 12.7. The fourth-order valence-electron chi connectivity index (χ4n) is 1.34. The molecule has 0 aliphatic rings. The smallest absolute Gasteiger partial charge is 0.272 e. The molecule has 0 atom stereocenters. The number of carbonyl (C=O) groups excluding carboxylic acids is 1. The van der Waals surface area contributed by atoms with Crippen molar-refractivity contribution in [2.45, 2.75) is 0 Å². The Morgan fingerprint density at radius 3 is 2.28 bits per heavy atom. The monoisotopic (exact) mass is 318 g/mol. The van der Waals surface area contributed by atoms with Gasteiger partial charge >= 0.3 is 0 Å². The van der Waals surface area contributed by atoms with Gasteiger partial charge in [-0.3, -0.25) is 4.79 Å². The van der Waals surface area contributed by atoms with Gasteiger partial charge in [0, 0.05) is 22.8 Å². The molecular formula is C11H6BrF3N2O. The lowest BCUT2D eigenvalue weighted by Crippen LogP contribution is -2.14. The van der Waals surface area contributed by atoms with Crippen molar-refractivity contribution in [3.8, 4) is 0 Å².